The van der Waals surface area contributed by atoms with E-state index in [1.807, 2.05) is 19.9 Å². The standard InChI is InChI=1S/C69H84N12O17/c1-40(2)32-46(62(90)73-34-52(84)69-24-13-28-78(69)31-27-71-45-21-20-44(70-25-26-72-66(69)94)56-57(45)61(89)59-51(83)23-22-50(82)58(59)60(56)88)76-65(93)49-19-12-30-80(49)55(87)37-81(68(96)98-39-43-16-9-6-10-17-43)54(86)35-74-63(91)47(33-41(3)4)77-64(92)48-18-11-29-79(48)53(85)36-75-67(95)97-38-42-14-7-5-8-15-42/h5-10,14-17,20-23,40-41,46-49,82-83,88-89H,11-13,18-19,24-39H2,1-4H3,(H,72,94)(H,73,90)(H,74,91)(H,75,95)(H,76,93)(H,77,92)/t46-,47-,48-,49-,69+/m0/s1. The van der Waals surface area contributed by atoms with Crippen molar-refractivity contribution in [1.82, 2.24) is 51.5 Å². The number of ketones is 1. The molecule has 5 aromatic rings. The predicted molar refractivity (Wildman–Crippen MR) is 353 cm³/mol. The number of nitrogens with zero attached hydrogens (tertiary/aromatic N) is 6. The number of hydrogen-bond donors (Lipinski definition) is 10. The molecule has 4 aliphatic rings. The number of phenolic OH excluding ortho intramolecular Hbond substituents is 4. The van der Waals surface area contributed by atoms with E-state index in [0.717, 1.165) is 5.56 Å². The molecule has 29 nitrogen and oxygen atoms in total. The van der Waals surface area contributed by atoms with E-state index >= 15 is 0 Å². The van der Waals surface area contributed by atoms with Crippen LogP contribution in [0.4, 0.5) is 9.59 Å². The second-order valence-corrected chi connectivity index (χ2v) is 25.5. The maximum Gasteiger partial charge on any atom is 0.417 e. The number of nitrogens with one attached hydrogen (secondary N) is 6. The van der Waals surface area contributed by atoms with Crippen LogP contribution in [0.2, 0.25) is 0 Å². The van der Waals surface area contributed by atoms with E-state index < -0.39 is 144 Å². The van der Waals surface area contributed by atoms with Gasteiger partial charge in [-0.1, -0.05) is 88.4 Å². The highest BCUT2D eigenvalue weighted by Crippen LogP contribution is 2.46. The number of alkyl carbamates (subject to hydrolysis) is 1. The van der Waals surface area contributed by atoms with Crippen molar-refractivity contribution in [3.63, 3.8) is 0 Å². The Hall–Kier alpha value is -10.5. The van der Waals surface area contributed by atoms with E-state index in [2.05, 4.69) is 36.9 Å². The molecule has 3 saturated heterocycles. The van der Waals surface area contributed by atoms with Crippen molar-refractivity contribution in [3.05, 3.63) is 107 Å². The van der Waals surface area contributed by atoms with Gasteiger partial charge < -0.3 is 71.6 Å². The minimum atomic E-state index is -1.78. The average molecular weight is 1350 g/mol. The molecule has 5 aromatic carbocycles. The molecule has 29 heteroatoms. The monoisotopic (exact) mass is 1350 g/mol. The van der Waals surface area contributed by atoms with Gasteiger partial charge in [-0.3, -0.25) is 58.0 Å². The van der Waals surface area contributed by atoms with Crippen LogP contribution in [0.25, 0.3) is 21.5 Å². The quantitative estimate of drug-likeness (QED) is 0.0254. The summed E-state index contributed by atoms with van der Waals surface area (Å²) in [5.74, 6) is -8.85. The molecule has 4 heterocycles. The molecule has 9 rings (SSSR count). The Morgan fingerprint density at radius 3 is 1.64 bits per heavy atom. The minimum Gasteiger partial charge on any atom is -0.507 e. The summed E-state index contributed by atoms with van der Waals surface area (Å²) < 4.78 is 10.7. The first kappa shape index (κ1) is 71.8. The lowest BCUT2D eigenvalue weighted by molar-refractivity contribution is -0.144. The number of carbonyl (C=O) groups excluding carboxylic acids is 11. The van der Waals surface area contributed by atoms with E-state index in [9.17, 15) is 73.2 Å². The Bertz CT molecular complexity index is 3990. The van der Waals surface area contributed by atoms with Crippen molar-refractivity contribution in [2.75, 3.05) is 72.0 Å². The van der Waals surface area contributed by atoms with Crippen LogP contribution in [0.1, 0.15) is 90.2 Å². The molecular formula is C69H84N12O17. The van der Waals surface area contributed by atoms with E-state index in [0.29, 0.717) is 29.7 Å². The van der Waals surface area contributed by atoms with Crippen molar-refractivity contribution >= 4 is 86.8 Å². The first-order valence-corrected chi connectivity index (χ1v) is 32.9. The fourth-order valence-electron chi connectivity index (χ4n) is 13.0. The molecule has 5 atom stereocenters. The van der Waals surface area contributed by atoms with E-state index in [1.54, 1.807) is 85.5 Å². The number of Topliss-reactive ketones (excluding diaryl/α,β-unsaturated/α-hetero) is 1. The highest BCUT2D eigenvalue weighted by Gasteiger charge is 2.53. The van der Waals surface area contributed by atoms with Crippen LogP contribution in [0, 0.1) is 11.8 Å². The summed E-state index contributed by atoms with van der Waals surface area (Å²) in [6.07, 6.45) is -0.286. The molecule has 0 radical (unpaired) electrons. The topological polar surface area (TPSA) is 397 Å². The maximum absolute atomic E-state index is 14.7. The van der Waals surface area contributed by atoms with Crippen LogP contribution >= 0.6 is 0 Å². The number of amides is 10. The highest BCUT2D eigenvalue weighted by molar-refractivity contribution is 6.15. The molecule has 0 saturated carbocycles. The van der Waals surface area contributed by atoms with E-state index in [1.165, 1.54) is 21.9 Å². The SMILES string of the molecule is CC(C)C[C@H](NC(=O)[C@@H]1CCCN1C(=O)CNC(=O)OCc1ccccc1)C(=O)NCC(=O)N(CC(=O)N1CCC[C@H]1C(=O)N[C@@H](CC(C)C)C(=O)NCC(=O)[C@@]12CCCN1CCN=c1ccc(c3c(O)c4c(O)ccc(O)c4c(O)c13)=NCCNC2=O)C(=O)OCc1ccccc1. The van der Waals surface area contributed by atoms with Crippen LogP contribution in [0.3, 0.4) is 0 Å². The van der Waals surface area contributed by atoms with Gasteiger partial charge >= 0.3 is 12.2 Å². The Morgan fingerprint density at radius 1 is 0.592 bits per heavy atom. The Morgan fingerprint density at radius 2 is 1.10 bits per heavy atom. The van der Waals surface area contributed by atoms with Gasteiger partial charge in [-0.05, 0) is 105 Å². The summed E-state index contributed by atoms with van der Waals surface area (Å²) in [5, 5.41) is 60.6. The third-order valence-corrected chi connectivity index (χ3v) is 17.8. The number of phenols is 4. The third-order valence-electron chi connectivity index (χ3n) is 17.8. The fraction of sp³-hybridized carbons (Fsp3) is 0.464. The molecule has 522 valence electrons. The number of hydrogen-bond acceptors (Lipinski definition) is 20. The molecule has 98 heavy (non-hydrogen) atoms. The summed E-state index contributed by atoms with van der Waals surface area (Å²) in [7, 11) is 0. The molecule has 0 spiro atoms. The number of rotatable bonds is 23. The van der Waals surface area contributed by atoms with Crippen molar-refractivity contribution in [1.29, 1.82) is 0 Å². The van der Waals surface area contributed by atoms with Gasteiger partial charge in [-0.15, -0.1) is 0 Å². The largest absolute Gasteiger partial charge is 0.507 e. The molecule has 3 fully saturated rings. The molecule has 2 bridgehead atoms. The van der Waals surface area contributed by atoms with Crippen molar-refractivity contribution < 1.29 is 82.6 Å². The molecule has 0 unspecified atom stereocenters. The van der Waals surface area contributed by atoms with Crippen LogP contribution in [-0.2, 0) is 65.8 Å². The third kappa shape index (κ3) is 16.8. The van der Waals surface area contributed by atoms with E-state index in [-0.39, 0.29) is 135 Å². The second kappa shape index (κ2) is 32.5. The molecule has 0 aliphatic carbocycles. The lowest BCUT2D eigenvalue weighted by Gasteiger charge is -2.36. The smallest absolute Gasteiger partial charge is 0.417 e. The Labute approximate surface area is 564 Å². The lowest BCUT2D eigenvalue weighted by atomic mass is 9.88. The van der Waals surface area contributed by atoms with Crippen molar-refractivity contribution in [3.8, 4) is 23.0 Å². The van der Waals surface area contributed by atoms with Crippen LogP contribution in [0.15, 0.2) is 94.9 Å². The number of benzene rings is 5. The minimum absolute atomic E-state index is 0.00662. The van der Waals surface area contributed by atoms with Gasteiger partial charge in [0.05, 0.1) is 58.4 Å². The number of imide groups is 1. The fourth-order valence-corrected chi connectivity index (χ4v) is 13.0. The van der Waals surface area contributed by atoms with Crippen LogP contribution in [0.5, 0.6) is 23.0 Å². The van der Waals surface area contributed by atoms with Gasteiger partial charge in [-0.25, -0.2) is 14.5 Å². The number of likely N-dealkylation sites (tertiary alicyclic amines) is 2. The summed E-state index contributed by atoms with van der Waals surface area (Å²) >= 11 is 0. The second-order valence-electron chi connectivity index (χ2n) is 25.5. The molecular weight excluding hydrogens is 1270 g/mol. The zero-order valence-corrected chi connectivity index (χ0v) is 55.2. The lowest BCUT2D eigenvalue weighted by Crippen LogP contribution is -2.63. The maximum atomic E-state index is 14.7. The zero-order chi connectivity index (χ0) is 70.4. The molecule has 0 aromatic heterocycles. The van der Waals surface area contributed by atoms with Gasteiger partial charge in [-0.2, -0.15) is 0 Å². The first-order valence-electron chi connectivity index (χ1n) is 32.9. The number of carbonyl (C=O) groups is 11. The average Bonchev–Trinajstić information content (AvgIpc) is 0.912. The van der Waals surface area contributed by atoms with Crippen LogP contribution in [-0.4, -0.2) is 207 Å². The Kier molecular flexibility index (Phi) is 23.8. The highest BCUT2D eigenvalue weighted by atomic mass is 16.6. The van der Waals surface area contributed by atoms with Gasteiger partial charge in [0.2, 0.25) is 41.4 Å². The molecule has 4 aliphatic heterocycles. The van der Waals surface area contributed by atoms with Gasteiger partial charge in [0.25, 0.3) is 5.91 Å². The van der Waals surface area contributed by atoms with Crippen molar-refractivity contribution in [2.45, 2.75) is 122 Å². The van der Waals surface area contributed by atoms with Gasteiger partial charge in [0.15, 0.2) is 11.3 Å². The van der Waals surface area contributed by atoms with Crippen LogP contribution < -0.4 is 42.6 Å². The van der Waals surface area contributed by atoms with E-state index in [4.69, 9.17) is 14.5 Å². The van der Waals surface area contributed by atoms with Crippen molar-refractivity contribution in [2.24, 2.45) is 21.8 Å². The first-order chi connectivity index (χ1) is 47.0. The summed E-state index contributed by atoms with van der Waals surface area (Å²) in [5.41, 5.74) is -0.495. The molecule has 10 N–H and O–H groups in total. The predicted octanol–water partition coefficient (Wildman–Crippen LogP) is 1.96. The summed E-state index contributed by atoms with van der Waals surface area (Å²) in [6.45, 7) is 4.34. The Balaban J connectivity index is 0.836. The number of ether oxygens (including phenoxy) is 2. The normalized spacial score (nSPS) is 18.5. The zero-order valence-electron chi connectivity index (χ0n) is 55.2. The number of fused-ring (bicyclic) bond motifs is 8. The number of aromatic hydroxyl groups is 4. The summed E-state index contributed by atoms with van der Waals surface area (Å²) in [6, 6.07) is 18.2. The summed E-state index contributed by atoms with van der Waals surface area (Å²) in [4.78, 5) is 168. The molecule has 10 amide bonds. The van der Waals surface area contributed by atoms with Gasteiger partial charge in [0, 0.05) is 26.2 Å². The van der Waals surface area contributed by atoms with Gasteiger partial charge in [0.1, 0.15) is 73.5 Å².